The Bertz CT molecular complexity index is 586. The third kappa shape index (κ3) is 3.46. The molecule has 0 fully saturated rings. The Kier molecular flexibility index (Phi) is 4.40. The van der Waals surface area contributed by atoms with Gasteiger partial charge in [-0.25, -0.2) is 4.39 Å². The van der Waals surface area contributed by atoms with E-state index >= 15 is 0 Å². The lowest BCUT2D eigenvalue weighted by atomic mass is 10.1. The quantitative estimate of drug-likeness (QED) is 0.915. The maximum absolute atomic E-state index is 13.7. The molecule has 0 unspecified atom stereocenters. The zero-order valence-corrected chi connectivity index (χ0v) is 11.4. The second kappa shape index (κ2) is 6.04. The monoisotopic (exact) mass is 279 g/mol. The summed E-state index contributed by atoms with van der Waals surface area (Å²) in [5, 5.41) is 0.545. The van der Waals surface area contributed by atoms with Gasteiger partial charge in [-0.3, -0.25) is 0 Å². The highest BCUT2D eigenvalue weighted by Gasteiger charge is 2.09. The van der Waals surface area contributed by atoms with Crippen molar-refractivity contribution < 1.29 is 9.13 Å². The van der Waals surface area contributed by atoms with Gasteiger partial charge in [-0.1, -0.05) is 23.7 Å². The lowest BCUT2D eigenvalue weighted by molar-refractivity contribution is 0.437. The molecule has 0 aliphatic rings. The molecule has 0 amide bonds. The van der Waals surface area contributed by atoms with E-state index in [1.807, 2.05) is 13.0 Å². The van der Waals surface area contributed by atoms with E-state index in [1.54, 1.807) is 24.3 Å². The van der Waals surface area contributed by atoms with E-state index < -0.39 is 5.82 Å². The summed E-state index contributed by atoms with van der Waals surface area (Å²) in [6.07, 6.45) is 0.653. The highest BCUT2D eigenvalue weighted by Crippen LogP contribution is 2.30. The van der Waals surface area contributed by atoms with Crippen LogP contribution in [-0.4, -0.2) is 6.54 Å². The van der Waals surface area contributed by atoms with Crippen molar-refractivity contribution >= 4 is 11.6 Å². The van der Waals surface area contributed by atoms with Gasteiger partial charge in [0.1, 0.15) is 5.75 Å². The van der Waals surface area contributed by atoms with Gasteiger partial charge >= 0.3 is 0 Å². The molecule has 2 aromatic rings. The van der Waals surface area contributed by atoms with Crippen molar-refractivity contribution in [2.45, 2.75) is 13.3 Å². The highest BCUT2D eigenvalue weighted by molar-refractivity contribution is 6.30. The number of rotatable bonds is 4. The van der Waals surface area contributed by atoms with Crippen LogP contribution in [0.5, 0.6) is 11.5 Å². The predicted octanol–water partition coefficient (Wildman–Crippen LogP) is 4.08. The first-order chi connectivity index (χ1) is 9.10. The van der Waals surface area contributed by atoms with Crippen LogP contribution in [0, 0.1) is 12.7 Å². The molecule has 0 aliphatic carbocycles. The Morgan fingerprint density at radius 3 is 2.68 bits per heavy atom. The molecular weight excluding hydrogens is 265 g/mol. The lowest BCUT2D eigenvalue weighted by Crippen LogP contribution is -2.04. The van der Waals surface area contributed by atoms with Crippen LogP contribution in [-0.2, 0) is 6.42 Å². The molecular formula is C15H15ClFNO. The standard InChI is InChI=1S/C15H15ClFNO/c1-10-2-5-13(17)15(8-10)19-14-9-12(16)4-3-11(14)6-7-18/h2-5,8-9H,6-7,18H2,1H3. The maximum Gasteiger partial charge on any atom is 0.165 e. The SMILES string of the molecule is Cc1ccc(F)c(Oc2cc(Cl)ccc2CCN)c1. The summed E-state index contributed by atoms with van der Waals surface area (Å²) in [6, 6.07) is 10.0. The van der Waals surface area contributed by atoms with Crippen molar-refractivity contribution in [1.29, 1.82) is 0 Å². The topological polar surface area (TPSA) is 35.2 Å². The summed E-state index contributed by atoms with van der Waals surface area (Å²) in [5.41, 5.74) is 7.39. The number of hydrogen-bond donors (Lipinski definition) is 1. The van der Waals surface area contributed by atoms with Crippen LogP contribution in [0.15, 0.2) is 36.4 Å². The van der Waals surface area contributed by atoms with Crippen LogP contribution in [0.25, 0.3) is 0 Å². The maximum atomic E-state index is 13.7. The van der Waals surface area contributed by atoms with Gasteiger partial charge in [0.25, 0.3) is 0 Å². The Labute approximate surface area is 117 Å². The normalized spacial score (nSPS) is 10.5. The van der Waals surface area contributed by atoms with E-state index in [4.69, 9.17) is 22.1 Å². The fourth-order valence-electron chi connectivity index (χ4n) is 1.79. The number of hydrogen-bond acceptors (Lipinski definition) is 2. The molecule has 0 atom stereocenters. The molecule has 0 heterocycles. The molecule has 2 rings (SSSR count). The van der Waals surface area contributed by atoms with Gasteiger partial charge in [-0.2, -0.15) is 0 Å². The minimum absolute atomic E-state index is 0.195. The van der Waals surface area contributed by atoms with Gasteiger partial charge in [0, 0.05) is 5.02 Å². The van der Waals surface area contributed by atoms with E-state index in [2.05, 4.69) is 0 Å². The molecule has 0 aliphatic heterocycles. The zero-order valence-electron chi connectivity index (χ0n) is 10.6. The second-order valence-electron chi connectivity index (χ2n) is 4.33. The van der Waals surface area contributed by atoms with Crippen molar-refractivity contribution in [3.8, 4) is 11.5 Å². The van der Waals surface area contributed by atoms with Gasteiger partial charge in [-0.15, -0.1) is 0 Å². The molecule has 100 valence electrons. The van der Waals surface area contributed by atoms with Gasteiger partial charge in [0.2, 0.25) is 0 Å². The fourth-order valence-corrected chi connectivity index (χ4v) is 1.95. The van der Waals surface area contributed by atoms with Crippen LogP contribution in [0.3, 0.4) is 0 Å². The van der Waals surface area contributed by atoms with Crippen LogP contribution in [0.4, 0.5) is 4.39 Å². The third-order valence-corrected chi connectivity index (χ3v) is 2.98. The van der Waals surface area contributed by atoms with Crippen LogP contribution >= 0.6 is 11.6 Å². The largest absolute Gasteiger partial charge is 0.454 e. The third-order valence-electron chi connectivity index (χ3n) is 2.75. The smallest absolute Gasteiger partial charge is 0.165 e. The van der Waals surface area contributed by atoms with Crippen LogP contribution in [0.1, 0.15) is 11.1 Å². The number of ether oxygens (including phenoxy) is 1. The molecule has 19 heavy (non-hydrogen) atoms. The van der Waals surface area contributed by atoms with E-state index in [1.165, 1.54) is 6.07 Å². The van der Waals surface area contributed by atoms with Gasteiger partial charge < -0.3 is 10.5 Å². The van der Waals surface area contributed by atoms with E-state index in [0.29, 0.717) is 23.7 Å². The summed E-state index contributed by atoms with van der Waals surface area (Å²) in [5.74, 6) is 0.340. The first-order valence-corrected chi connectivity index (χ1v) is 6.40. The van der Waals surface area contributed by atoms with E-state index in [9.17, 15) is 4.39 Å². The lowest BCUT2D eigenvalue weighted by Gasteiger charge is -2.12. The molecule has 2 N–H and O–H groups in total. The summed E-state index contributed by atoms with van der Waals surface area (Å²) in [6.45, 7) is 2.37. The minimum Gasteiger partial charge on any atom is -0.454 e. The van der Waals surface area contributed by atoms with Crippen molar-refractivity contribution in [1.82, 2.24) is 0 Å². The molecule has 0 saturated carbocycles. The Morgan fingerprint density at radius 2 is 1.95 bits per heavy atom. The molecule has 4 heteroatoms. The summed E-state index contributed by atoms with van der Waals surface area (Å²) >= 11 is 5.95. The molecule has 0 aromatic heterocycles. The Balaban J connectivity index is 2.36. The van der Waals surface area contributed by atoms with Crippen LogP contribution in [0.2, 0.25) is 5.02 Å². The average molecular weight is 280 g/mol. The van der Waals surface area contributed by atoms with Gasteiger partial charge in [-0.05, 0) is 55.3 Å². The number of aryl methyl sites for hydroxylation is 1. The Hall–Kier alpha value is -1.58. The predicted molar refractivity (Wildman–Crippen MR) is 75.4 cm³/mol. The second-order valence-corrected chi connectivity index (χ2v) is 4.76. The number of benzene rings is 2. The zero-order chi connectivity index (χ0) is 13.8. The first kappa shape index (κ1) is 13.8. The summed E-state index contributed by atoms with van der Waals surface area (Å²) in [4.78, 5) is 0. The fraction of sp³-hybridized carbons (Fsp3) is 0.200. The molecule has 0 spiro atoms. The summed E-state index contributed by atoms with van der Waals surface area (Å²) in [7, 11) is 0. The molecule has 2 nitrogen and oxygen atoms in total. The highest BCUT2D eigenvalue weighted by atomic mass is 35.5. The molecule has 0 bridgehead atoms. The molecule has 0 saturated heterocycles. The molecule has 0 radical (unpaired) electrons. The first-order valence-electron chi connectivity index (χ1n) is 6.02. The summed E-state index contributed by atoms with van der Waals surface area (Å²) < 4.78 is 19.3. The Morgan fingerprint density at radius 1 is 1.16 bits per heavy atom. The number of halogens is 2. The van der Waals surface area contributed by atoms with Gasteiger partial charge in [0.15, 0.2) is 11.6 Å². The minimum atomic E-state index is -0.399. The van der Waals surface area contributed by atoms with Gasteiger partial charge in [0.05, 0.1) is 0 Å². The molecule has 2 aromatic carbocycles. The van der Waals surface area contributed by atoms with E-state index in [-0.39, 0.29) is 5.75 Å². The van der Waals surface area contributed by atoms with Crippen molar-refractivity contribution in [3.63, 3.8) is 0 Å². The van der Waals surface area contributed by atoms with Crippen molar-refractivity contribution in [2.75, 3.05) is 6.54 Å². The van der Waals surface area contributed by atoms with Crippen molar-refractivity contribution in [3.05, 3.63) is 58.4 Å². The van der Waals surface area contributed by atoms with Crippen LogP contribution < -0.4 is 10.5 Å². The van der Waals surface area contributed by atoms with Crippen molar-refractivity contribution in [2.24, 2.45) is 5.73 Å². The van der Waals surface area contributed by atoms with E-state index in [0.717, 1.165) is 11.1 Å². The average Bonchev–Trinajstić information content (AvgIpc) is 2.37. The number of nitrogens with two attached hydrogens (primary N) is 1.